The largest absolute Gasteiger partial charge is 0.497 e. The van der Waals surface area contributed by atoms with Gasteiger partial charge in [-0.3, -0.25) is 14.5 Å². The summed E-state index contributed by atoms with van der Waals surface area (Å²) in [6.07, 6.45) is -2.44. The molecule has 2 fully saturated rings. The average Bonchev–Trinajstić information content (AvgIpc) is 3.33. The number of carboxylic acid groups (broad SMARTS) is 1. The lowest BCUT2D eigenvalue weighted by Crippen LogP contribution is -2.48. The molecule has 2 aliphatic rings. The van der Waals surface area contributed by atoms with Crippen molar-refractivity contribution in [2.75, 3.05) is 59.5 Å². The van der Waals surface area contributed by atoms with Gasteiger partial charge in [-0.05, 0) is 50.2 Å². The fourth-order valence-corrected chi connectivity index (χ4v) is 4.27. The molecule has 0 radical (unpaired) electrons. The molecular weight excluding hydrogens is 481 g/mol. The zero-order chi connectivity index (χ0) is 26.7. The number of carboxylic acids is 1. The van der Waals surface area contributed by atoms with E-state index in [-0.39, 0.29) is 11.8 Å². The third kappa shape index (κ3) is 8.98. The van der Waals surface area contributed by atoms with E-state index >= 15 is 0 Å². The lowest BCUT2D eigenvalue weighted by atomic mass is 10.1. The number of piperazine rings is 1. The van der Waals surface area contributed by atoms with Crippen LogP contribution in [0.15, 0.2) is 24.3 Å². The number of carbonyl (C=O) groups excluding carboxylic acids is 2. The van der Waals surface area contributed by atoms with Crippen molar-refractivity contribution in [3.8, 4) is 5.75 Å². The smallest absolute Gasteiger partial charge is 0.490 e. The van der Waals surface area contributed by atoms with Gasteiger partial charge in [0.25, 0.3) is 5.91 Å². The second-order valence-corrected chi connectivity index (χ2v) is 8.59. The van der Waals surface area contributed by atoms with E-state index in [1.165, 1.54) is 6.42 Å². The van der Waals surface area contributed by atoms with Gasteiger partial charge in [-0.2, -0.15) is 13.2 Å². The van der Waals surface area contributed by atoms with Crippen LogP contribution in [0.2, 0.25) is 0 Å². The monoisotopic (exact) mass is 516 g/mol. The van der Waals surface area contributed by atoms with Crippen LogP contribution >= 0.6 is 0 Å². The lowest BCUT2D eigenvalue weighted by Gasteiger charge is -2.32. The molecule has 1 atom stereocenters. The Hall–Kier alpha value is -2.86. The predicted molar refractivity (Wildman–Crippen MR) is 127 cm³/mol. The molecule has 12 heteroatoms. The van der Waals surface area contributed by atoms with Crippen LogP contribution in [0.3, 0.4) is 0 Å². The molecule has 2 heterocycles. The molecule has 36 heavy (non-hydrogen) atoms. The Morgan fingerprint density at radius 1 is 1.14 bits per heavy atom. The summed E-state index contributed by atoms with van der Waals surface area (Å²) in [5.74, 6) is -1.90. The van der Waals surface area contributed by atoms with E-state index in [0.717, 1.165) is 51.4 Å². The van der Waals surface area contributed by atoms with Crippen molar-refractivity contribution in [2.24, 2.45) is 0 Å². The molecule has 0 aromatic heterocycles. The van der Waals surface area contributed by atoms with E-state index < -0.39 is 12.1 Å². The maximum Gasteiger partial charge on any atom is 0.490 e. The second kappa shape index (κ2) is 14.0. The number of nitrogens with one attached hydrogen (secondary N) is 1. The first-order valence-electron chi connectivity index (χ1n) is 12.0. The Balaban J connectivity index is 0.000000572. The van der Waals surface area contributed by atoms with Gasteiger partial charge in [0.1, 0.15) is 5.75 Å². The van der Waals surface area contributed by atoms with Gasteiger partial charge in [0.15, 0.2) is 0 Å². The number of methoxy groups -OCH3 is 1. The topological polar surface area (TPSA) is 102 Å². The summed E-state index contributed by atoms with van der Waals surface area (Å²) in [5.41, 5.74) is 0.640. The van der Waals surface area contributed by atoms with Gasteiger partial charge >= 0.3 is 12.1 Å². The molecule has 202 valence electrons. The number of likely N-dealkylation sites (N-methyl/N-ethyl adjacent to an activating group) is 1. The number of alkyl halides is 3. The van der Waals surface area contributed by atoms with Crippen molar-refractivity contribution in [1.82, 2.24) is 20.0 Å². The van der Waals surface area contributed by atoms with E-state index in [1.807, 2.05) is 21.9 Å². The maximum absolute atomic E-state index is 13.2. The van der Waals surface area contributed by atoms with Crippen LogP contribution in [-0.2, 0) is 9.59 Å². The Labute approximate surface area is 209 Å². The second-order valence-electron chi connectivity index (χ2n) is 8.59. The predicted octanol–water partition coefficient (Wildman–Crippen LogP) is 2.08. The van der Waals surface area contributed by atoms with E-state index in [2.05, 4.69) is 17.1 Å². The van der Waals surface area contributed by atoms with Crippen molar-refractivity contribution in [3.05, 3.63) is 29.8 Å². The van der Waals surface area contributed by atoms with Crippen LogP contribution in [0, 0.1) is 0 Å². The van der Waals surface area contributed by atoms with Crippen LogP contribution < -0.4 is 10.1 Å². The highest BCUT2D eigenvalue weighted by Gasteiger charge is 2.38. The molecule has 3 rings (SSSR count). The van der Waals surface area contributed by atoms with E-state index in [9.17, 15) is 22.8 Å². The fraction of sp³-hybridized carbons (Fsp3) is 0.625. The summed E-state index contributed by atoms with van der Waals surface area (Å²) in [7, 11) is 1.62. The summed E-state index contributed by atoms with van der Waals surface area (Å²) in [6, 6.07) is 7.60. The van der Waals surface area contributed by atoms with Crippen LogP contribution in [0.5, 0.6) is 5.75 Å². The number of rotatable bonds is 8. The molecule has 1 aromatic rings. The SMILES string of the molecule is CCN1CCCC1CN(CCC(=O)N1CCNCC1)C(=O)c1ccc(OC)cc1.O=C(O)C(F)(F)F. The van der Waals surface area contributed by atoms with Crippen molar-refractivity contribution in [1.29, 1.82) is 0 Å². The Bertz CT molecular complexity index is 860. The number of hydrogen-bond acceptors (Lipinski definition) is 6. The highest BCUT2D eigenvalue weighted by molar-refractivity contribution is 5.94. The summed E-state index contributed by atoms with van der Waals surface area (Å²) in [6.45, 7) is 8.56. The van der Waals surface area contributed by atoms with Gasteiger partial charge < -0.3 is 25.0 Å². The van der Waals surface area contributed by atoms with Gasteiger partial charge in [-0.15, -0.1) is 0 Å². The summed E-state index contributed by atoms with van der Waals surface area (Å²) >= 11 is 0. The number of nitrogens with zero attached hydrogens (tertiary/aromatic N) is 3. The Kier molecular flexibility index (Phi) is 11.4. The molecule has 1 aromatic carbocycles. The molecule has 0 saturated carbocycles. The fourth-order valence-electron chi connectivity index (χ4n) is 4.27. The number of carbonyl (C=O) groups is 3. The molecule has 2 N–H and O–H groups in total. The highest BCUT2D eigenvalue weighted by Crippen LogP contribution is 2.20. The minimum Gasteiger partial charge on any atom is -0.497 e. The standard InChI is InChI=1S/C22H34N4O3.C2HF3O2/c1-3-24-13-4-5-19(24)17-26(14-10-21(27)25-15-11-23-12-16-25)22(28)18-6-8-20(29-2)9-7-18;3-2(4,5)1(6)7/h6-9,19,23H,3-5,10-17H2,1-2H3;(H,6,7). The molecule has 2 aliphatic heterocycles. The van der Waals surface area contributed by atoms with Gasteiger partial charge in [0.2, 0.25) is 5.91 Å². The molecule has 0 spiro atoms. The zero-order valence-corrected chi connectivity index (χ0v) is 20.7. The third-order valence-electron chi connectivity index (χ3n) is 6.27. The Morgan fingerprint density at radius 3 is 2.28 bits per heavy atom. The maximum atomic E-state index is 13.2. The Morgan fingerprint density at radius 2 is 1.75 bits per heavy atom. The van der Waals surface area contributed by atoms with Crippen molar-refractivity contribution < 1.29 is 37.4 Å². The lowest BCUT2D eigenvalue weighted by molar-refractivity contribution is -0.192. The van der Waals surface area contributed by atoms with Crippen LogP contribution in [-0.4, -0.2) is 109 Å². The molecule has 0 aliphatic carbocycles. The number of ether oxygens (including phenoxy) is 1. The van der Waals surface area contributed by atoms with Crippen LogP contribution in [0.1, 0.15) is 36.5 Å². The van der Waals surface area contributed by atoms with Crippen LogP contribution in [0.4, 0.5) is 13.2 Å². The molecular formula is C24H35F3N4O5. The molecule has 0 bridgehead atoms. The number of hydrogen-bond donors (Lipinski definition) is 2. The third-order valence-corrected chi connectivity index (χ3v) is 6.27. The quantitative estimate of drug-likeness (QED) is 0.546. The normalized spacial score (nSPS) is 18.2. The van der Waals surface area contributed by atoms with Crippen molar-refractivity contribution in [2.45, 2.75) is 38.4 Å². The van der Waals surface area contributed by atoms with Crippen molar-refractivity contribution >= 4 is 17.8 Å². The van der Waals surface area contributed by atoms with E-state index in [4.69, 9.17) is 14.6 Å². The first-order valence-corrected chi connectivity index (χ1v) is 12.0. The minimum atomic E-state index is -5.08. The molecule has 1 unspecified atom stereocenters. The zero-order valence-electron chi connectivity index (χ0n) is 20.7. The number of likely N-dealkylation sites (tertiary alicyclic amines) is 1. The summed E-state index contributed by atoms with van der Waals surface area (Å²) in [4.78, 5) is 41.0. The van der Waals surface area contributed by atoms with Crippen LogP contribution in [0.25, 0.3) is 0 Å². The van der Waals surface area contributed by atoms with Gasteiger partial charge in [-0.1, -0.05) is 6.92 Å². The summed E-state index contributed by atoms with van der Waals surface area (Å²) < 4.78 is 36.9. The molecule has 9 nitrogen and oxygen atoms in total. The van der Waals surface area contributed by atoms with E-state index in [1.54, 1.807) is 19.2 Å². The van der Waals surface area contributed by atoms with Gasteiger partial charge in [0.05, 0.1) is 7.11 Å². The van der Waals surface area contributed by atoms with Gasteiger partial charge in [0, 0.05) is 57.3 Å². The molecule has 2 amide bonds. The number of benzene rings is 1. The number of amides is 2. The van der Waals surface area contributed by atoms with Crippen molar-refractivity contribution in [3.63, 3.8) is 0 Å². The number of halogens is 3. The average molecular weight is 517 g/mol. The first-order chi connectivity index (χ1) is 17.1. The highest BCUT2D eigenvalue weighted by atomic mass is 19.4. The molecule has 2 saturated heterocycles. The number of aliphatic carboxylic acids is 1. The van der Waals surface area contributed by atoms with Gasteiger partial charge in [-0.25, -0.2) is 4.79 Å². The first kappa shape index (κ1) is 29.4. The van der Waals surface area contributed by atoms with E-state index in [0.29, 0.717) is 31.1 Å². The minimum absolute atomic E-state index is 0.0104. The summed E-state index contributed by atoms with van der Waals surface area (Å²) in [5, 5.41) is 10.4.